The molecule has 2 aromatic carbocycles. The van der Waals surface area contributed by atoms with Crippen molar-refractivity contribution in [3.05, 3.63) is 63.1 Å². The second-order valence-corrected chi connectivity index (χ2v) is 6.16. The summed E-state index contributed by atoms with van der Waals surface area (Å²) in [7, 11) is 1.36. The number of carbonyl (C=O) groups is 2. The fourth-order valence-corrected chi connectivity index (χ4v) is 2.42. The number of hydrazone groups is 1. The van der Waals surface area contributed by atoms with Crippen LogP contribution in [-0.2, 0) is 16.2 Å². The highest BCUT2D eigenvalue weighted by atomic mass is 79.9. The number of halogens is 2. The highest BCUT2D eigenvalue weighted by Gasteiger charge is 2.09. The van der Waals surface area contributed by atoms with Crippen LogP contribution in [0.5, 0.6) is 5.75 Å². The third-order valence-corrected chi connectivity index (χ3v) is 3.98. The first kappa shape index (κ1) is 19.0. The number of carbonyl (C=O) groups excluding carboxylic acids is 2. The highest BCUT2D eigenvalue weighted by molar-refractivity contribution is 9.10. The SMILES string of the molecule is CNC(=O)C(=O)N/N=C\c1cc(Br)ccc1OCc1ccccc1Cl. The first-order chi connectivity index (χ1) is 12.0. The van der Waals surface area contributed by atoms with Crippen molar-refractivity contribution in [2.45, 2.75) is 6.61 Å². The van der Waals surface area contributed by atoms with Crippen molar-refractivity contribution in [2.75, 3.05) is 7.05 Å². The van der Waals surface area contributed by atoms with Gasteiger partial charge in [0.25, 0.3) is 0 Å². The summed E-state index contributed by atoms with van der Waals surface area (Å²) in [5.41, 5.74) is 3.61. The zero-order chi connectivity index (χ0) is 18.2. The van der Waals surface area contributed by atoms with E-state index in [1.54, 1.807) is 18.2 Å². The van der Waals surface area contributed by atoms with Crippen LogP contribution in [0.25, 0.3) is 0 Å². The lowest BCUT2D eigenvalue weighted by Crippen LogP contribution is -2.35. The van der Waals surface area contributed by atoms with Crippen LogP contribution in [0.3, 0.4) is 0 Å². The van der Waals surface area contributed by atoms with Gasteiger partial charge in [-0.2, -0.15) is 5.10 Å². The van der Waals surface area contributed by atoms with E-state index in [1.165, 1.54) is 13.3 Å². The summed E-state index contributed by atoms with van der Waals surface area (Å²) in [4.78, 5) is 22.5. The molecule has 0 radical (unpaired) electrons. The van der Waals surface area contributed by atoms with E-state index in [1.807, 2.05) is 24.3 Å². The van der Waals surface area contributed by atoms with Gasteiger partial charge in [0.05, 0.1) is 6.21 Å². The number of amides is 2. The standard InChI is InChI=1S/C17H15BrClN3O3/c1-20-16(23)17(24)22-21-9-12-8-13(18)6-7-15(12)25-10-11-4-2-3-5-14(11)19/h2-9H,10H2,1H3,(H,20,23)(H,22,24)/b21-9-. The molecular weight excluding hydrogens is 410 g/mol. The molecule has 0 heterocycles. The first-order valence-corrected chi connectivity index (χ1v) is 8.39. The maximum atomic E-state index is 11.4. The van der Waals surface area contributed by atoms with Crippen LogP contribution in [0, 0.1) is 0 Å². The van der Waals surface area contributed by atoms with E-state index in [0.29, 0.717) is 16.3 Å². The Labute approximate surface area is 158 Å². The van der Waals surface area contributed by atoms with Gasteiger partial charge in [0.2, 0.25) is 0 Å². The molecule has 2 N–H and O–H groups in total. The van der Waals surface area contributed by atoms with E-state index in [2.05, 4.69) is 31.8 Å². The Morgan fingerprint density at radius 2 is 2.00 bits per heavy atom. The van der Waals surface area contributed by atoms with E-state index < -0.39 is 11.8 Å². The summed E-state index contributed by atoms with van der Waals surface area (Å²) >= 11 is 9.49. The van der Waals surface area contributed by atoms with E-state index >= 15 is 0 Å². The van der Waals surface area contributed by atoms with Crippen LogP contribution >= 0.6 is 27.5 Å². The minimum absolute atomic E-state index is 0.284. The Balaban J connectivity index is 2.10. The molecule has 0 fully saturated rings. The number of hydrogen-bond donors (Lipinski definition) is 2. The molecule has 0 saturated carbocycles. The van der Waals surface area contributed by atoms with E-state index in [0.717, 1.165) is 10.0 Å². The topological polar surface area (TPSA) is 79.8 Å². The molecule has 2 aromatic rings. The summed E-state index contributed by atoms with van der Waals surface area (Å²) in [5, 5.41) is 6.60. The maximum absolute atomic E-state index is 11.4. The summed E-state index contributed by atoms with van der Waals surface area (Å²) < 4.78 is 6.61. The lowest BCUT2D eigenvalue weighted by molar-refractivity contribution is -0.138. The van der Waals surface area contributed by atoms with Gasteiger partial charge >= 0.3 is 11.8 Å². The average molecular weight is 425 g/mol. The number of rotatable bonds is 5. The normalized spacial score (nSPS) is 10.5. The van der Waals surface area contributed by atoms with Crippen molar-refractivity contribution in [1.82, 2.24) is 10.7 Å². The van der Waals surface area contributed by atoms with Crippen molar-refractivity contribution in [3.63, 3.8) is 0 Å². The zero-order valence-corrected chi connectivity index (χ0v) is 15.6. The Hall–Kier alpha value is -2.38. The van der Waals surface area contributed by atoms with Crippen LogP contribution < -0.4 is 15.5 Å². The number of nitrogens with zero attached hydrogens (tertiary/aromatic N) is 1. The molecule has 0 bridgehead atoms. The van der Waals surface area contributed by atoms with Gasteiger partial charge in [-0.3, -0.25) is 9.59 Å². The molecule has 130 valence electrons. The number of hydrogen-bond acceptors (Lipinski definition) is 4. The first-order valence-electron chi connectivity index (χ1n) is 7.22. The predicted octanol–water partition coefficient (Wildman–Crippen LogP) is 2.88. The van der Waals surface area contributed by atoms with E-state index in [4.69, 9.17) is 16.3 Å². The molecule has 0 saturated heterocycles. The molecular formula is C17H15BrClN3O3. The lowest BCUT2D eigenvalue weighted by Gasteiger charge is -2.10. The monoisotopic (exact) mass is 423 g/mol. The minimum atomic E-state index is -0.854. The van der Waals surface area contributed by atoms with E-state index in [9.17, 15) is 9.59 Å². The van der Waals surface area contributed by atoms with Crippen LogP contribution in [0.2, 0.25) is 5.02 Å². The third-order valence-electron chi connectivity index (χ3n) is 3.12. The number of nitrogens with one attached hydrogen (secondary N) is 2. The van der Waals surface area contributed by atoms with Crippen molar-refractivity contribution in [2.24, 2.45) is 5.10 Å². The molecule has 2 rings (SSSR count). The van der Waals surface area contributed by atoms with Crippen molar-refractivity contribution >= 4 is 45.6 Å². The minimum Gasteiger partial charge on any atom is -0.488 e. The number of benzene rings is 2. The molecule has 0 aromatic heterocycles. The van der Waals surface area contributed by atoms with Crippen LogP contribution in [0.1, 0.15) is 11.1 Å². The second-order valence-electron chi connectivity index (χ2n) is 4.84. The fourth-order valence-electron chi connectivity index (χ4n) is 1.85. The molecule has 6 nitrogen and oxygen atoms in total. The predicted molar refractivity (Wildman–Crippen MR) is 99.7 cm³/mol. The molecule has 25 heavy (non-hydrogen) atoms. The summed E-state index contributed by atoms with van der Waals surface area (Å²) in [6.07, 6.45) is 1.40. The Kier molecular flexibility index (Phi) is 6.97. The van der Waals surface area contributed by atoms with Crippen LogP contribution in [0.15, 0.2) is 52.0 Å². The molecule has 0 atom stereocenters. The fraction of sp³-hybridized carbons (Fsp3) is 0.118. The summed E-state index contributed by atoms with van der Waals surface area (Å²) in [6, 6.07) is 12.8. The van der Waals surface area contributed by atoms with Crippen molar-refractivity contribution < 1.29 is 14.3 Å². The molecule has 0 unspecified atom stereocenters. The van der Waals surface area contributed by atoms with Crippen molar-refractivity contribution in [3.8, 4) is 5.75 Å². The van der Waals surface area contributed by atoms with Gasteiger partial charge < -0.3 is 10.1 Å². The van der Waals surface area contributed by atoms with Gasteiger partial charge in [-0.1, -0.05) is 45.7 Å². The van der Waals surface area contributed by atoms with Gasteiger partial charge in [0.15, 0.2) is 0 Å². The quantitative estimate of drug-likeness (QED) is 0.440. The lowest BCUT2D eigenvalue weighted by atomic mass is 10.2. The van der Waals surface area contributed by atoms with Crippen LogP contribution in [-0.4, -0.2) is 25.1 Å². The largest absolute Gasteiger partial charge is 0.488 e. The number of likely N-dealkylation sites (N-methyl/N-ethyl adjacent to an activating group) is 1. The van der Waals surface area contributed by atoms with Gasteiger partial charge in [-0.05, 0) is 24.3 Å². The van der Waals surface area contributed by atoms with Gasteiger partial charge in [0.1, 0.15) is 12.4 Å². The maximum Gasteiger partial charge on any atom is 0.329 e. The molecule has 2 amide bonds. The second kappa shape index (κ2) is 9.19. The summed E-state index contributed by atoms with van der Waals surface area (Å²) in [5.74, 6) is -1.07. The van der Waals surface area contributed by atoms with E-state index in [-0.39, 0.29) is 6.61 Å². The molecule has 8 heteroatoms. The molecule has 0 aliphatic carbocycles. The average Bonchev–Trinajstić information content (AvgIpc) is 2.61. The molecule has 0 aliphatic rings. The summed E-state index contributed by atoms with van der Waals surface area (Å²) in [6.45, 7) is 0.284. The third kappa shape index (κ3) is 5.58. The zero-order valence-electron chi connectivity index (χ0n) is 13.3. The van der Waals surface area contributed by atoms with Crippen molar-refractivity contribution in [1.29, 1.82) is 0 Å². The van der Waals surface area contributed by atoms with Gasteiger partial charge in [0, 0.05) is 27.7 Å². The Bertz CT molecular complexity index is 811. The van der Waals surface area contributed by atoms with Crippen LogP contribution in [0.4, 0.5) is 0 Å². The smallest absolute Gasteiger partial charge is 0.329 e. The Morgan fingerprint density at radius 1 is 1.24 bits per heavy atom. The van der Waals surface area contributed by atoms with Gasteiger partial charge in [-0.15, -0.1) is 0 Å². The molecule has 0 spiro atoms. The number of ether oxygens (including phenoxy) is 1. The van der Waals surface area contributed by atoms with Gasteiger partial charge in [-0.25, -0.2) is 5.43 Å². The molecule has 0 aliphatic heterocycles. The highest BCUT2D eigenvalue weighted by Crippen LogP contribution is 2.24. The Morgan fingerprint density at radius 3 is 2.72 bits per heavy atom.